The lowest BCUT2D eigenvalue weighted by molar-refractivity contribution is 0.665. The summed E-state index contributed by atoms with van der Waals surface area (Å²) in [4.78, 5) is 28.0. The largest absolute Gasteiger partial charge is 0.343 e. The molecule has 0 aromatic carbocycles. The third-order valence-corrected chi connectivity index (χ3v) is 4.13. The molecule has 106 valence electrons. The van der Waals surface area contributed by atoms with Gasteiger partial charge in [-0.3, -0.25) is 5.73 Å². The third kappa shape index (κ3) is 1.87. The number of fused-ring (bicyclic) bond motifs is 2. The molecule has 21 heavy (non-hydrogen) atoms. The van der Waals surface area contributed by atoms with Crippen LogP contribution in [0.5, 0.6) is 0 Å². The fraction of sp³-hybridized carbons (Fsp3) is 0.182. The molecule has 4 rings (SSSR count). The van der Waals surface area contributed by atoms with Gasteiger partial charge < -0.3 is 14.9 Å². The number of hydrogen-bond donors (Lipinski definition) is 3. The average Bonchev–Trinajstić information content (AvgIpc) is 3.10. The summed E-state index contributed by atoms with van der Waals surface area (Å²) in [6, 6.07) is 0. The van der Waals surface area contributed by atoms with Crippen LogP contribution in [0.2, 0.25) is 0 Å². The second-order valence-electron chi connectivity index (χ2n) is 4.56. The SMILES string of the molecule is CN1C=NC(N)(Sc2nc3ncncc3[nH]2)c2[nH]cnc21. The zero-order valence-corrected chi connectivity index (χ0v) is 11.8. The molecule has 10 heteroatoms. The molecule has 1 aliphatic rings. The topological polar surface area (TPSA) is 125 Å². The molecule has 0 aliphatic carbocycles. The van der Waals surface area contributed by atoms with E-state index < -0.39 is 4.99 Å². The van der Waals surface area contributed by atoms with E-state index in [2.05, 4.69) is 34.9 Å². The molecule has 0 saturated heterocycles. The van der Waals surface area contributed by atoms with Crippen LogP contribution in [0.1, 0.15) is 5.69 Å². The molecule has 0 saturated carbocycles. The molecule has 1 aliphatic heterocycles. The van der Waals surface area contributed by atoms with Crippen molar-refractivity contribution in [3.63, 3.8) is 0 Å². The van der Waals surface area contributed by atoms with Gasteiger partial charge in [0, 0.05) is 7.05 Å². The van der Waals surface area contributed by atoms with Crippen molar-refractivity contribution in [1.29, 1.82) is 0 Å². The summed E-state index contributed by atoms with van der Waals surface area (Å²) in [5.74, 6) is 0.746. The van der Waals surface area contributed by atoms with Gasteiger partial charge in [-0.2, -0.15) is 0 Å². The molecule has 1 unspecified atom stereocenters. The molecular formula is C11H11N9S. The number of hydrogen-bond acceptors (Lipinski definition) is 8. The van der Waals surface area contributed by atoms with Crippen LogP contribution in [0.4, 0.5) is 5.82 Å². The molecule has 4 heterocycles. The summed E-state index contributed by atoms with van der Waals surface area (Å²) in [6.45, 7) is 0. The number of aromatic nitrogens is 6. The maximum Gasteiger partial charge on any atom is 0.209 e. The normalized spacial score (nSPS) is 21.0. The quantitative estimate of drug-likeness (QED) is 0.585. The average molecular weight is 301 g/mol. The Morgan fingerprint density at radius 2 is 2.29 bits per heavy atom. The van der Waals surface area contributed by atoms with Gasteiger partial charge in [0.1, 0.15) is 17.5 Å². The van der Waals surface area contributed by atoms with E-state index in [4.69, 9.17) is 5.73 Å². The molecule has 0 bridgehead atoms. The Bertz CT molecular complexity index is 804. The molecule has 0 spiro atoms. The van der Waals surface area contributed by atoms with Gasteiger partial charge in [0.05, 0.1) is 18.9 Å². The number of nitrogens with one attached hydrogen (secondary N) is 2. The Balaban J connectivity index is 1.75. The summed E-state index contributed by atoms with van der Waals surface area (Å²) >= 11 is 1.29. The second-order valence-corrected chi connectivity index (χ2v) is 5.77. The molecule has 4 N–H and O–H groups in total. The number of anilines is 1. The molecule has 0 fully saturated rings. The van der Waals surface area contributed by atoms with E-state index in [1.807, 2.05) is 11.9 Å². The van der Waals surface area contributed by atoms with Crippen molar-refractivity contribution >= 4 is 35.1 Å². The second kappa shape index (κ2) is 4.27. The van der Waals surface area contributed by atoms with Crippen LogP contribution >= 0.6 is 11.8 Å². The van der Waals surface area contributed by atoms with E-state index >= 15 is 0 Å². The Kier molecular flexibility index (Phi) is 2.50. The van der Waals surface area contributed by atoms with E-state index in [0.29, 0.717) is 10.8 Å². The predicted molar refractivity (Wildman–Crippen MR) is 78.9 cm³/mol. The van der Waals surface area contributed by atoms with Crippen molar-refractivity contribution in [2.75, 3.05) is 11.9 Å². The Labute approximate surface area is 123 Å². The fourth-order valence-electron chi connectivity index (χ4n) is 2.12. The van der Waals surface area contributed by atoms with Crippen LogP contribution in [0.25, 0.3) is 11.2 Å². The number of H-pyrrole nitrogens is 2. The Morgan fingerprint density at radius 1 is 1.38 bits per heavy atom. The fourth-order valence-corrected chi connectivity index (χ4v) is 3.06. The van der Waals surface area contributed by atoms with Gasteiger partial charge in [-0.25, -0.2) is 24.9 Å². The van der Waals surface area contributed by atoms with Gasteiger partial charge in [0.25, 0.3) is 0 Å². The van der Waals surface area contributed by atoms with Gasteiger partial charge in [0.2, 0.25) is 4.99 Å². The van der Waals surface area contributed by atoms with Crippen LogP contribution in [0.15, 0.2) is 29.0 Å². The third-order valence-electron chi connectivity index (χ3n) is 3.13. The molecule has 1 atom stereocenters. The van der Waals surface area contributed by atoms with E-state index in [1.165, 1.54) is 18.1 Å². The first-order valence-electron chi connectivity index (χ1n) is 6.11. The number of thioether (sulfide) groups is 1. The number of nitrogens with two attached hydrogens (primary N) is 1. The highest BCUT2D eigenvalue weighted by Crippen LogP contribution is 2.41. The highest BCUT2D eigenvalue weighted by molar-refractivity contribution is 8.00. The first kappa shape index (κ1) is 12.3. The first-order chi connectivity index (χ1) is 10.2. The Morgan fingerprint density at radius 3 is 3.14 bits per heavy atom. The van der Waals surface area contributed by atoms with Crippen LogP contribution in [0, 0.1) is 0 Å². The highest BCUT2D eigenvalue weighted by Gasteiger charge is 2.37. The molecule has 0 radical (unpaired) electrons. The minimum Gasteiger partial charge on any atom is -0.343 e. The van der Waals surface area contributed by atoms with Crippen molar-refractivity contribution in [3.05, 3.63) is 24.5 Å². The predicted octanol–water partition coefficient (Wildman–Crippen LogP) is 0.415. The monoisotopic (exact) mass is 301 g/mol. The number of nitrogens with zero attached hydrogens (tertiary/aromatic N) is 6. The smallest absolute Gasteiger partial charge is 0.209 e. The number of aliphatic imine (C=N–C) groups is 1. The van der Waals surface area contributed by atoms with Gasteiger partial charge in [0.15, 0.2) is 16.6 Å². The van der Waals surface area contributed by atoms with Crippen molar-refractivity contribution in [2.45, 2.75) is 10.2 Å². The lowest BCUT2D eigenvalue weighted by Crippen LogP contribution is -2.38. The van der Waals surface area contributed by atoms with Crippen molar-refractivity contribution in [1.82, 2.24) is 29.9 Å². The summed E-state index contributed by atoms with van der Waals surface area (Å²) in [5.41, 5.74) is 8.48. The summed E-state index contributed by atoms with van der Waals surface area (Å²) in [7, 11) is 1.87. The van der Waals surface area contributed by atoms with Gasteiger partial charge in [-0.1, -0.05) is 0 Å². The van der Waals surface area contributed by atoms with Crippen molar-refractivity contribution in [2.24, 2.45) is 10.7 Å². The first-order valence-corrected chi connectivity index (χ1v) is 6.93. The van der Waals surface area contributed by atoms with Gasteiger partial charge in [-0.15, -0.1) is 0 Å². The zero-order chi connectivity index (χ0) is 14.4. The minimum absolute atomic E-state index is 0.595. The Hall–Kier alpha value is -2.46. The van der Waals surface area contributed by atoms with Crippen LogP contribution in [-0.2, 0) is 4.99 Å². The van der Waals surface area contributed by atoms with Crippen LogP contribution < -0.4 is 10.6 Å². The van der Waals surface area contributed by atoms with E-state index in [-0.39, 0.29) is 0 Å². The molecule has 0 amide bonds. The van der Waals surface area contributed by atoms with Crippen LogP contribution in [0.3, 0.4) is 0 Å². The number of aromatic amines is 2. The maximum atomic E-state index is 6.40. The molecule has 3 aromatic heterocycles. The highest BCUT2D eigenvalue weighted by atomic mass is 32.2. The minimum atomic E-state index is -1.01. The standard InChI is InChI=1S/C11H11N9S/c1-20-5-17-11(12,7-9(20)16-4-14-7)21-10-18-6-2-13-3-15-8(6)19-10/h2-5H,12H2,1H3,(H,14,16)(H,13,15,18,19). The summed E-state index contributed by atoms with van der Waals surface area (Å²) < 4.78 is 0. The summed E-state index contributed by atoms with van der Waals surface area (Å²) in [5, 5.41) is 0.621. The van der Waals surface area contributed by atoms with E-state index in [9.17, 15) is 0 Å². The molecule has 9 nitrogen and oxygen atoms in total. The van der Waals surface area contributed by atoms with Crippen molar-refractivity contribution < 1.29 is 0 Å². The number of rotatable bonds is 2. The van der Waals surface area contributed by atoms with Gasteiger partial charge >= 0.3 is 0 Å². The maximum absolute atomic E-state index is 6.40. The van der Waals surface area contributed by atoms with Gasteiger partial charge in [-0.05, 0) is 11.8 Å². The van der Waals surface area contributed by atoms with Crippen LogP contribution in [-0.4, -0.2) is 43.3 Å². The van der Waals surface area contributed by atoms with E-state index in [1.54, 1.807) is 18.9 Å². The van der Waals surface area contributed by atoms with Crippen molar-refractivity contribution in [3.8, 4) is 0 Å². The zero-order valence-electron chi connectivity index (χ0n) is 11.0. The lowest BCUT2D eigenvalue weighted by atomic mass is 10.3. The summed E-state index contributed by atoms with van der Waals surface area (Å²) in [6.07, 6.45) is 6.37. The number of imidazole rings is 2. The van der Waals surface area contributed by atoms with E-state index in [0.717, 1.165) is 17.0 Å². The lowest BCUT2D eigenvalue weighted by Gasteiger charge is -2.29. The molecular weight excluding hydrogens is 290 g/mol. The molecule has 3 aromatic rings.